The molecule has 0 aliphatic carbocycles. The molecule has 4 aliphatic rings. The number of nitrogens with zero attached hydrogens (tertiary/aromatic N) is 2. The monoisotopic (exact) mass is 1590 g/mol. The van der Waals surface area contributed by atoms with E-state index in [1.54, 1.807) is 7.11 Å². The van der Waals surface area contributed by atoms with E-state index in [0.29, 0.717) is 46.7 Å². The lowest BCUT2D eigenvalue weighted by Gasteiger charge is -2.58. The van der Waals surface area contributed by atoms with Gasteiger partial charge in [0.05, 0.1) is 0 Å². The molecule has 10 aromatic carbocycles. The quantitative estimate of drug-likeness (QED) is 0.0849. The van der Waals surface area contributed by atoms with Crippen LogP contribution in [0, 0.1) is 0 Å². The molecule has 0 saturated carbocycles. The van der Waals surface area contributed by atoms with E-state index < -0.39 is 112 Å². The van der Waals surface area contributed by atoms with Crippen LogP contribution in [-0.2, 0) is 57.9 Å². The minimum atomic E-state index is -5.39. The average Bonchev–Trinajstić information content (AvgIpc) is 0.685. The van der Waals surface area contributed by atoms with Crippen molar-refractivity contribution in [1.82, 2.24) is 0 Å². The summed E-state index contributed by atoms with van der Waals surface area (Å²) in [6.07, 6.45) is 0. The van der Waals surface area contributed by atoms with Crippen molar-refractivity contribution in [1.29, 1.82) is 0 Å². The summed E-state index contributed by atoms with van der Waals surface area (Å²) in [7, 11) is -51.9. The van der Waals surface area contributed by atoms with Gasteiger partial charge in [-0.3, -0.25) is 0 Å². The van der Waals surface area contributed by atoms with Crippen LogP contribution in [0.3, 0.4) is 0 Å². The third kappa shape index (κ3) is 14.2. The van der Waals surface area contributed by atoms with Gasteiger partial charge >= 0.3 is 87.3 Å². The number of anilines is 2. The third-order valence-electron chi connectivity index (χ3n) is 19.1. The van der Waals surface area contributed by atoms with Crippen molar-refractivity contribution in [2.24, 2.45) is 0 Å². The van der Waals surface area contributed by atoms with Crippen molar-refractivity contribution < 1.29 is 57.9 Å². The molecule has 29 heteroatoms. The second-order valence-electron chi connectivity index (χ2n) is 29.7. The molecule has 6 bridgehead atoms. The molecule has 4 aliphatic heterocycles. The van der Waals surface area contributed by atoms with Gasteiger partial charge in [-0.05, 0) is 66.5 Å². The highest BCUT2D eigenvalue weighted by molar-refractivity contribution is 7.12. The fraction of sp³-hybridized carbons (Fsp3) is 0.189. The van der Waals surface area contributed by atoms with Crippen LogP contribution in [-0.4, -0.2) is 126 Å². The molecule has 0 aromatic heterocycles. The fourth-order valence-electron chi connectivity index (χ4n) is 14.3. The van der Waals surface area contributed by atoms with Gasteiger partial charge in [0.15, 0.2) is 0 Å². The Morgan fingerprint density at radius 1 is 0.233 bits per heavy atom. The Labute approximate surface area is 621 Å². The zero-order chi connectivity index (χ0) is 72.4. The lowest BCUT2D eigenvalue weighted by Crippen LogP contribution is -2.91. The summed E-state index contributed by atoms with van der Waals surface area (Å²) < 4.78 is 126. The van der Waals surface area contributed by atoms with Gasteiger partial charge in [0.2, 0.25) is 0 Å². The van der Waals surface area contributed by atoms with Gasteiger partial charge in [-0.2, -0.15) is 0 Å². The maximum Gasteiger partial charge on any atom is 0.522 e. The second-order valence-corrected chi connectivity index (χ2v) is 75.0. The first-order valence-electron chi connectivity index (χ1n) is 34.9. The van der Waals surface area contributed by atoms with E-state index in [2.05, 4.69) is 149 Å². The van der Waals surface area contributed by atoms with Gasteiger partial charge in [-0.1, -0.05) is 326 Å². The van der Waals surface area contributed by atoms with Crippen LogP contribution < -0.4 is 60.7 Å². The van der Waals surface area contributed by atoms with Gasteiger partial charge < -0.3 is 66.7 Å². The molecule has 16 nitrogen and oxygen atoms in total. The first-order valence-corrected chi connectivity index (χ1v) is 64.3. The van der Waals surface area contributed by atoms with Crippen molar-refractivity contribution in [2.45, 2.75) is 78.6 Å². The van der Waals surface area contributed by atoms with E-state index in [1.165, 1.54) is 0 Å². The standard InChI is InChI=1S/C74H90N2O14Si13/c1-75(91(3,4)5)63-55-59-66(60-56-63)95(13)80-98(69-43-27-17-28-44-69)78-94(12,65-39-23-15-24-40-65)79-99(70-45-29-18-30-46-70)81-96(14,67-61-57-64(58-62-67)76(92(6,7)8)93(9,10)11)83-101(72-49-33-20-34-50-72)85-97(77-2,68-41-25-16-26-42-68)84-100(82-95,71-47-31-19-32-48-71)88-103(89-101,74-53-37-22-38-54-74)90-102(86-98,87-99)73-51-35-21-36-52-73/h15-62H,1-14H3. The number of hydrogen-bond acceptors (Lipinski definition) is 16. The molecule has 0 N–H and O–H groups in total. The zero-order valence-corrected chi connectivity index (χ0v) is 73.8. The molecule has 10 unspecified atom stereocenters. The Balaban J connectivity index is 1.22. The summed E-state index contributed by atoms with van der Waals surface area (Å²) in [4.78, 5) is 0. The maximum atomic E-state index is 8.84. The Bertz CT molecular complexity index is 4560. The van der Waals surface area contributed by atoms with Crippen LogP contribution >= 0.6 is 0 Å². The van der Waals surface area contributed by atoms with Crippen LogP contribution in [0.2, 0.25) is 78.6 Å². The Morgan fingerprint density at radius 3 is 0.670 bits per heavy atom. The zero-order valence-electron chi connectivity index (χ0n) is 60.8. The fourth-order valence-corrected chi connectivity index (χ4v) is 78.9. The van der Waals surface area contributed by atoms with E-state index in [1.807, 2.05) is 237 Å². The summed E-state index contributed by atoms with van der Waals surface area (Å²) in [5, 5.41) is 5.94. The van der Waals surface area contributed by atoms with Crippen molar-refractivity contribution in [3.05, 3.63) is 291 Å². The van der Waals surface area contributed by atoms with Crippen molar-refractivity contribution in [3.63, 3.8) is 0 Å². The predicted octanol–water partition coefficient (Wildman–Crippen LogP) is 9.51. The lowest BCUT2D eigenvalue weighted by atomic mass is 10.3. The lowest BCUT2D eigenvalue weighted by molar-refractivity contribution is 0.0517. The minimum absolute atomic E-state index is 0.485. The largest absolute Gasteiger partial charge is 0.522 e. The molecule has 4 saturated heterocycles. The Morgan fingerprint density at radius 2 is 0.437 bits per heavy atom. The maximum absolute atomic E-state index is 8.84. The van der Waals surface area contributed by atoms with Crippen LogP contribution in [0.1, 0.15) is 0 Å². The van der Waals surface area contributed by atoms with Crippen LogP contribution in [0.25, 0.3) is 0 Å². The summed E-state index contributed by atoms with van der Waals surface area (Å²) in [6.45, 7) is 27.6. The number of rotatable bonds is 16. The first kappa shape index (κ1) is 73.9. The van der Waals surface area contributed by atoms with E-state index >= 15 is 0 Å². The molecular weight excluding hydrogens is 1510 g/mol. The topological polar surface area (TPSA) is 136 Å². The second kappa shape index (κ2) is 28.0. The number of hydrogen-bond donors (Lipinski definition) is 0. The number of benzene rings is 10. The first-order chi connectivity index (χ1) is 49.0. The van der Waals surface area contributed by atoms with Gasteiger partial charge in [0, 0.05) is 54.8 Å². The van der Waals surface area contributed by atoms with Crippen LogP contribution in [0.5, 0.6) is 0 Å². The van der Waals surface area contributed by atoms with Crippen LogP contribution in [0.4, 0.5) is 11.4 Å². The van der Waals surface area contributed by atoms with Crippen molar-refractivity contribution >= 4 is 175 Å². The predicted molar refractivity (Wildman–Crippen MR) is 438 cm³/mol. The molecule has 10 aromatic rings. The molecule has 4 heterocycles. The molecule has 4 fully saturated rings. The average molecular weight is 1600 g/mol. The summed E-state index contributed by atoms with van der Waals surface area (Å²) >= 11 is 0. The summed E-state index contributed by atoms with van der Waals surface area (Å²) in [5.74, 6) is 0. The van der Waals surface area contributed by atoms with Crippen molar-refractivity contribution in [3.8, 4) is 0 Å². The molecule has 14 rings (SSSR count). The van der Waals surface area contributed by atoms with E-state index in [-0.39, 0.29) is 0 Å². The molecule has 532 valence electrons. The van der Waals surface area contributed by atoms with Crippen LogP contribution in [0.15, 0.2) is 291 Å². The highest BCUT2D eigenvalue weighted by atomic mass is 28.6. The SMILES string of the molecule is CO[Si]1(c2ccccc2)O[Si]2(c3ccccc3)O[Si](C)(c3ccc(N(C)[Si](C)(C)C)cc3)O[Si]3(c4ccccc4)O[Si](C)(c4ccccc4)O[Si]4(c5ccccc5)O[Si](C)(c5ccc(N([Si](C)(C)C)[Si](C)(C)C)cc5)O[Si](c5ccccc5)(O1)O[Si](c1ccccc1)(O2)O[Si](c1ccccc1)(O3)O4. The molecule has 10 atom stereocenters. The van der Waals surface area contributed by atoms with E-state index in [4.69, 9.17) is 57.9 Å². The van der Waals surface area contributed by atoms with Gasteiger partial charge in [0.1, 0.15) is 24.7 Å². The van der Waals surface area contributed by atoms with Crippen molar-refractivity contribution in [2.75, 3.05) is 23.0 Å². The third-order valence-corrected chi connectivity index (χ3v) is 71.4. The van der Waals surface area contributed by atoms with Gasteiger partial charge in [-0.15, -0.1) is 0 Å². The smallest absolute Gasteiger partial charge is 0.425 e. The minimum Gasteiger partial charge on any atom is -0.425 e. The Kier molecular flexibility index (Phi) is 20.1. The highest BCUT2D eigenvalue weighted by Crippen LogP contribution is 2.45. The normalized spacial score (nSPS) is 29.8. The Hall–Kier alpha value is -5.94. The highest BCUT2D eigenvalue weighted by Gasteiger charge is 2.80. The summed E-state index contributed by atoms with van der Waals surface area (Å²) in [5.41, 5.74) is 2.13. The van der Waals surface area contributed by atoms with E-state index in [0.717, 1.165) is 16.6 Å². The van der Waals surface area contributed by atoms with E-state index in [9.17, 15) is 0 Å². The molecule has 0 spiro atoms. The molecule has 0 radical (unpaired) electrons. The van der Waals surface area contributed by atoms with Gasteiger partial charge in [-0.25, -0.2) is 0 Å². The molecule has 0 amide bonds. The molecule has 103 heavy (non-hydrogen) atoms. The number of fused-ring (bicyclic) bond motifs is 4. The molecular formula is C74H90N2O14Si13. The summed E-state index contributed by atoms with van der Waals surface area (Å²) in [6, 6.07) is 96.5. The van der Waals surface area contributed by atoms with Gasteiger partial charge in [0.25, 0.3) is 0 Å².